The number of hydrogen-bond donors (Lipinski definition) is 0. The summed E-state index contributed by atoms with van der Waals surface area (Å²) in [6, 6.07) is 41.4. The third kappa shape index (κ3) is 2.99. The van der Waals surface area contributed by atoms with Gasteiger partial charge in [0.2, 0.25) is 0 Å². The van der Waals surface area contributed by atoms with E-state index in [0.29, 0.717) is 5.92 Å². The van der Waals surface area contributed by atoms with Crippen molar-refractivity contribution >= 4 is 49.3 Å². The maximum atomic E-state index is 2.56. The van der Waals surface area contributed by atoms with E-state index in [4.69, 9.17) is 0 Å². The minimum absolute atomic E-state index is 0.250. The van der Waals surface area contributed by atoms with E-state index in [1.807, 2.05) is 0 Å². The fourth-order valence-corrected chi connectivity index (χ4v) is 9.06. The summed E-state index contributed by atoms with van der Waals surface area (Å²) in [5.41, 5.74) is 10.7. The molecule has 6 aromatic rings. The first kappa shape index (κ1) is 24.3. The first-order valence-corrected chi connectivity index (χ1v) is 16.0. The van der Waals surface area contributed by atoms with Gasteiger partial charge in [0.25, 0.3) is 0 Å². The molecule has 1 heteroatoms. The topological polar surface area (TPSA) is 3.24 Å². The zero-order valence-electron chi connectivity index (χ0n) is 24.5. The molecule has 0 bridgehead atoms. The van der Waals surface area contributed by atoms with Crippen molar-refractivity contribution in [2.24, 2.45) is 5.92 Å². The molecule has 0 saturated heterocycles. The summed E-state index contributed by atoms with van der Waals surface area (Å²) in [5.74, 6) is 0.350. The first-order chi connectivity index (χ1) is 21.9. The predicted octanol–water partition coefficient (Wildman–Crippen LogP) is 11.1. The highest BCUT2D eigenvalue weighted by Crippen LogP contribution is 2.66. The van der Waals surface area contributed by atoms with Crippen LogP contribution in [0.1, 0.15) is 41.5 Å². The molecule has 208 valence electrons. The zero-order valence-corrected chi connectivity index (χ0v) is 24.5. The van der Waals surface area contributed by atoms with Crippen LogP contribution in [-0.4, -0.2) is 0 Å². The third-order valence-electron chi connectivity index (χ3n) is 10.6. The smallest absolute Gasteiger partial charge is 0.0542 e. The van der Waals surface area contributed by atoms with Gasteiger partial charge in [-0.1, -0.05) is 115 Å². The van der Waals surface area contributed by atoms with E-state index in [1.54, 1.807) is 0 Å². The van der Waals surface area contributed by atoms with Crippen LogP contribution in [0.5, 0.6) is 0 Å². The zero-order chi connectivity index (χ0) is 28.8. The van der Waals surface area contributed by atoms with E-state index < -0.39 is 0 Å². The molecule has 4 aliphatic carbocycles. The standard InChI is InChI=1S/C43H31N/c1-3-14-28(15-4-1)44(29-16-5-2-6-17-29)30-26-36-32-19-8-7-18-31(32)35-22-13-25-39-41(35)42(36)40(27-30)43(39)37-23-11-9-20-33(37)34-21-10-12-24-38(34)43/h1,3-5,7-23,25-27,38H,2,6,24H2. The van der Waals surface area contributed by atoms with Gasteiger partial charge in [0.15, 0.2) is 0 Å². The maximum absolute atomic E-state index is 2.56. The summed E-state index contributed by atoms with van der Waals surface area (Å²) in [6.45, 7) is 0. The summed E-state index contributed by atoms with van der Waals surface area (Å²) in [6.07, 6.45) is 17.3. The number of hydrogen-bond acceptors (Lipinski definition) is 1. The molecule has 0 radical (unpaired) electrons. The SMILES string of the molecule is C1=CCC2C(=C1)c1ccccc1C21c2cccc3c4ccccc4c4cc(N(C5=CCCC=C5)c5ccccc5)cc1c4c23. The molecule has 0 heterocycles. The fourth-order valence-electron chi connectivity index (χ4n) is 9.06. The van der Waals surface area contributed by atoms with Crippen LogP contribution >= 0.6 is 0 Å². The molecule has 0 saturated carbocycles. The second-order valence-corrected chi connectivity index (χ2v) is 12.7. The van der Waals surface area contributed by atoms with E-state index >= 15 is 0 Å². The first-order valence-electron chi connectivity index (χ1n) is 16.0. The summed E-state index contributed by atoms with van der Waals surface area (Å²) in [5, 5.41) is 8.27. The summed E-state index contributed by atoms with van der Waals surface area (Å²) < 4.78 is 0. The fraction of sp³-hybridized carbons (Fsp3) is 0.116. The lowest BCUT2D eigenvalue weighted by Gasteiger charge is -2.37. The Morgan fingerprint density at radius 3 is 2.20 bits per heavy atom. The second kappa shape index (κ2) is 8.94. The minimum Gasteiger partial charge on any atom is -0.311 e. The average molecular weight is 562 g/mol. The number of rotatable bonds is 3. The molecule has 0 fully saturated rings. The molecule has 4 aliphatic rings. The van der Waals surface area contributed by atoms with Crippen LogP contribution in [-0.2, 0) is 5.41 Å². The van der Waals surface area contributed by atoms with Crippen molar-refractivity contribution in [1.82, 2.24) is 0 Å². The lowest BCUT2D eigenvalue weighted by molar-refractivity contribution is 0.496. The number of para-hydroxylation sites is 1. The van der Waals surface area contributed by atoms with Crippen molar-refractivity contribution in [1.29, 1.82) is 0 Å². The monoisotopic (exact) mass is 561 g/mol. The van der Waals surface area contributed by atoms with Gasteiger partial charge >= 0.3 is 0 Å². The van der Waals surface area contributed by atoms with Crippen molar-refractivity contribution in [3.8, 4) is 0 Å². The Hall–Kier alpha value is -5.14. The minimum atomic E-state index is -0.250. The Balaban J connectivity index is 1.40. The van der Waals surface area contributed by atoms with Gasteiger partial charge in [-0.15, -0.1) is 0 Å². The van der Waals surface area contributed by atoms with Gasteiger partial charge in [-0.2, -0.15) is 0 Å². The van der Waals surface area contributed by atoms with Gasteiger partial charge in [0.05, 0.1) is 5.41 Å². The van der Waals surface area contributed by atoms with Crippen LogP contribution in [0.15, 0.2) is 151 Å². The van der Waals surface area contributed by atoms with Crippen LogP contribution in [0.3, 0.4) is 0 Å². The van der Waals surface area contributed by atoms with Gasteiger partial charge in [-0.05, 0) is 110 Å². The van der Waals surface area contributed by atoms with Crippen LogP contribution in [0.4, 0.5) is 11.4 Å². The van der Waals surface area contributed by atoms with Crippen molar-refractivity contribution in [2.75, 3.05) is 4.90 Å². The van der Waals surface area contributed by atoms with E-state index in [9.17, 15) is 0 Å². The Kier molecular flexibility index (Phi) is 4.94. The molecule has 0 amide bonds. The van der Waals surface area contributed by atoms with Crippen LogP contribution in [0.2, 0.25) is 0 Å². The van der Waals surface area contributed by atoms with E-state index in [-0.39, 0.29) is 5.41 Å². The van der Waals surface area contributed by atoms with Crippen LogP contribution in [0, 0.1) is 5.92 Å². The Morgan fingerprint density at radius 1 is 0.591 bits per heavy atom. The highest BCUT2D eigenvalue weighted by Gasteiger charge is 2.55. The predicted molar refractivity (Wildman–Crippen MR) is 186 cm³/mol. The molecule has 2 atom stereocenters. The molecule has 0 N–H and O–H groups in total. The number of allylic oxidation sites excluding steroid dienone is 7. The van der Waals surface area contributed by atoms with Crippen molar-refractivity contribution in [2.45, 2.75) is 24.7 Å². The molecule has 0 aliphatic heterocycles. The Labute approximate surface area is 257 Å². The molecule has 10 rings (SSSR count). The summed E-state index contributed by atoms with van der Waals surface area (Å²) in [7, 11) is 0. The van der Waals surface area contributed by atoms with Crippen molar-refractivity contribution in [3.05, 3.63) is 174 Å². The quantitative estimate of drug-likeness (QED) is 0.194. The second-order valence-electron chi connectivity index (χ2n) is 12.7. The molecule has 0 aromatic heterocycles. The molecule has 44 heavy (non-hydrogen) atoms. The normalized spacial score (nSPS) is 20.9. The number of fused-ring (bicyclic) bond motifs is 10. The van der Waals surface area contributed by atoms with E-state index in [1.165, 1.54) is 77.2 Å². The maximum Gasteiger partial charge on any atom is 0.0542 e. The molecule has 6 aromatic carbocycles. The van der Waals surface area contributed by atoms with E-state index in [2.05, 4.69) is 151 Å². The highest BCUT2D eigenvalue weighted by atomic mass is 15.1. The van der Waals surface area contributed by atoms with Crippen LogP contribution in [0.25, 0.3) is 37.9 Å². The lowest BCUT2D eigenvalue weighted by Crippen LogP contribution is -2.33. The molecule has 1 spiro atoms. The summed E-state index contributed by atoms with van der Waals surface area (Å²) in [4.78, 5) is 2.49. The number of benzene rings is 6. The van der Waals surface area contributed by atoms with Crippen LogP contribution < -0.4 is 4.90 Å². The third-order valence-corrected chi connectivity index (χ3v) is 10.6. The molecule has 1 nitrogen and oxygen atoms in total. The van der Waals surface area contributed by atoms with Gasteiger partial charge in [-0.3, -0.25) is 0 Å². The van der Waals surface area contributed by atoms with Gasteiger partial charge in [0, 0.05) is 23.0 Å². The van der Waals surface area contributed by atoms with Gasteiger partial charge in [-0.25, -0.2) is 0 Å². The highest BCUT2D eigenvalue weighted by molar-refractivity contribution is 6.30. The van der Waals surface area contributed by atoms with Crippen molar-refractivity contribution in [3.63, 3.8) is 0 Å². The Morgan fingerprint density at radius 2 is 1.34 bits per heavy atom. The van der Waals surface area contributed by atoms with Gasteiger partial charge < -0.3 is 4.90 Å². The molecular weight excluding hydrogens is 530 g/mol. The number of nitrogens with zero attached hydrogens (tertiary/aromatic N) is 1. The van der Waals surface area contributed by atoms with Crippen molar-refractivity contribution < 1.29 is 0 Å². The van der Waals surface area contributed by atoms with Gasteiger partial charge in [0.1, 0.15) is 0 Å². The lowest BCUT2D eigenvalue weighted by atomic mass is 9.65. The largest absolute Gasteiger partial charge is 0.311 e. The molecule has 2 unspecified atom stereocenters. The molecular formula is C43H31N. The number of anilines is 2. The Bertz CT molecular complexity index is 2320. The average Bonchev–Trinajstić information content (AvgIpc) is 3.57. The summed E-state index contributed by atoms with van der Waals surface area (Å²) >= 11 is 0. The van der Waals surface area contributed by atoms with E-state index in [0.717, 1.165) is 19.3 Å².